The molecular formula is C21H26ClNO3S. The molecule has 3 rings (SSSR count). The van der Waals surface area contributed by atoms with E-state index in [1.165, 1.54) is 18.2 Å². The Morgan fingerprint density at radius 1 is 1.19 bits per heavy atom. The van der Waals surface area contributed by atoms with Gasteiger partial charge in [-0.25, -0.2) is 8.42 Å². The van der Waals surface area contributed by atoms with E-state index in [2.05, 4.69) is 11.0 Å². The van der Waals surface area contributed by atoms with E-state index < -0.39 is 9.84 Å². The summed E-state index contributed by atoms with van der Waals surface area (Å²) < 4.78 is 28.9. The van der Waals surface area contributed by atoms with E-state index in [0.717, 1.165) is 43.2 Å². The lowest BCUT2D eigenvalue weighted by Crippen LogP contribution is -2.38. The molecule has 1 aliphatic rings. The van der Waals surface area contributed by atoms with Crippen LogP contribution in [0.15, 0.2) is 53.4 Å². The summed E-state index contributed by atoms with van der Waals surface area (Å²) >= 11 is 6.06. The van der Waals surface area contributed by atoms with Crippen molar-refractivity contribution in [3.05, 3.63) is 59.1 Å². The zero-order chi connectivity index (χ0) is 19.3. The van der Waals surface area contributed by atoms with Crippen molar-refractivity contribution in [2.24, 2.45) is 5.92 Å². The number of nitrogens with zero attached hydrogens (tertiary/aromatic N) is 1. The van der Waals surface area contributed by atoms with Gasteiger partial charge in [-0.05, 0) is 67.8 Å². The van der Waals surface area contributed by atoms with Crippen LogP contribution in [0.3, 0.4) is 0 Å². The fraction of sp³-hybridized carbons (Fsp3) is 0.429. The van der Waals surface area contributed by atoms with Crippen molar-refractivity contribution in [2.45, 2.75) is 24.2 Å². The zero-order valence-electron chi connectivity index (χ0n) is 15.6. The van der Waals surface area contributed by atoms with Gasteiger partial charge in [0.2, 0.25) is 0 Å². The van der Waals surface area contributed by atoms with Crippen LogP contribution in [0.5, 0.6) is 5.75 Å². The number of halogens is 1. The Morgan fingerprint density at radius 3 is 2.67 bits per heavy atom. The molecule has 0 saturated carbocycles. The molecule has 0 bridgehead atoms. The van der Waals surface area contributed by atoms with Crippen LogP contribution in [0.4, 0.5) is 0 Å². The molecule has 0 amide bonds. The van der Waals surface area contributed by atoms with Crippen LogP contribution in [0.25, 0.3) is 0 Å². The number of hydrogen-bond acceptors (Lipinski definition) is 4. The summed E-state index contributed by atoms with van der Waals surface area (Å²) in [5, 5.41) is 0.791. The Kier molecular flexibility index (Phi) is 6.79. The summed E-state index contributed by atoms with van der Waals surface area (Å²) in [4.78, 5) is 2.81. The molecule has 2 aromatic carbocycles. The molecule has 0 unspecified atom stereocenters. The second-order valence-electron chi connectivity index (χ2n) is 7.24. The van der Waals surface area contributed by atoms with Crippen LogP contribution in [0.2, 0.25) is 5.02 Å². The molecule has 146 valence electrons. The Labute approximate surface area is 167 Å². The van der Waals surface area contributed by atoms with E-state index >= 15 is 0 Å². The Morgan fingerprint density at radius 2 is 1.96 bits per heavy atom. The van der Waals surface area contributed by atoms with Gasteiger partial charge in [0.25, 0.3) is 0 Å². The van der Waals surface area contributed by atoms with E-state index in [4.69, 9.17) is 16.3 Å². The van der Waals surface area contributed by atoms with Crippen LogP contribution in [-0.4, -0.2) is 45.8 Å². The third kappa shape index (κ3) is 6.23. The number of sulfone groups is 1. The highest BCUT2D eigenvalue weighted by molar-refractivity contribution is 7.90. The predicted molar refractivity (Wildman–Crippen MR) is 109 cm³/mol. The third-order valence-corrected chi connectivity index (χ3v) is 6.31. The standard InChI is InChI=1S/C21H26ClNO3S/c1-27(24,25)21-9-7-20(8-10-21)26-16-18-5-3-12-23(15-18)13-11-17-4-2-6-19(22)14-17/h2,4,6-10,14,18H,3,5,11-13,15-16H2,1H3/t18-/m1/s1. The van der Waals surface area contributed by atoms with E-state index in [-0.39, 0.29) is 0 Å². The summed E-state index contributed by atoms with van der Waals surface area (Å²) in [5.41, 5.74) is 1.27. The number of ether oxygens (including phenoxy) is 1. The molecule has 6 heteroatoms. The second kappa shape index (κ2) is 9.09. The normalized spacial score (nSPS) is 18.4. The van der Waals surface area contributed by atoms with Gasteiger partial charge in [0.05, 0.1) is 11.5 Å². The second-order valence-corrected chi connectivity index (χ2v) is 9.70. The molecule has 0 spiro atoms. The number of rotatable bonds is 7. The molecule has 1 atom stereocenters. The van der Waals surface area contributed by atoms with Gasteiger partial charge in [0, 0.05) is 30.3 Å². The molecule has 1 heterocycles. The van der Waals surface area contributed by atoms with Crippen molar-refractivity contribution < 1.29 is 13.2 Å². The molecule has 0 aliphatic carbocycles. The topological polar surface area (TPSA) is 46.6 Å². The lowest BCUT2D eigenvalue weighted by Gasteiger charge is -2.32. The smallest absolute Gasteiger partial charge is 0.175 e. The van der Waals surface area contributed by atoms with Gasteiger partial charge in [0.15, 0.2) is 9.84 Å². The first-order valence-corrected chi connectivity index (χ1v) is 11.6. The Balaban J connectivity index is 1.47. The SMILES string of the molecule is CS(=O)(=O)c1ccc(OC[C@@H]2CCCN(CCc3cccc(Cl)c3)C2)cc1. The number of benzene rings is 2. The molecule has 4 nitrogen and oxygen atoms in total. The van der Waals surface area contributed by atoms with E-state index in [1.54, 1.807) is 24.3 Å². The molecule has 27 heavy (non-hydrogen) atoms. The molecule has 0 N–H and O–H groups in total. The lowest BCUT2D eigenvalue weighted by atomic mass is 9.98. The van der Waals surface area contributed by atoms with Gasteiger partial charge in [0.1, 0.15) is 5.75 Å². The maximum absolute atomic E-state index is 11.5. The summed E-state index contributed by atoms with van der Waals surface area (Å²) in [5.74, 6) is 1.21. The van der Waals surface area contributed by atoms with Gasteiger partial charge < -0.3 is 9.64 Å². The fourth-order valence-corrected chi connectivity index (χ4v) is 4.31. The van der Waals surface area contributed by atoms with Gasteiger partial charge in [-0.1, -0.05) is 23.7 Å². The average molecular weight is 408 g/mol. The first-order valence-electron chi connectivity index (χ1n) is 9.30. The molecule has 1 saturated heterocycles. The summed E-state index contributed by atoms with van der Waals surface area (Å²) in [6.45, 7) is 3.84. The maximum Gasteiger partial charge on any atom is 0.175 e. The van der Waals surface area contributed by atoms with E-state index in [0.29, 0.717) is 17.4 Å². The minimum Gasteiger partial charge on any atom is -0.493 e. The molecular weight excluding hydrogens is 382 g/mol. The van der Waals surface area contributed by atoms with Crippen LogP contribution in [0, 0.1) is 5.92 Å². The van der Waals surface area contributed by atoms with Crippen LogP contribution in [0.1, 0.15) is 18.4 Å². The summed E-state index contributed by atoms with van der Waals surface area (Å²) in [6.07, 6.45) is 4.55. The molecule has 1 aliphatic heterocycles. The molecule has 1 fully saturated rings. The Hall–Kier alpha value is -1.56. The Bertz CT molecular complexity index is 852. The first kappa shape index (κ1) is 20.2. The largest absolute Gasteiger partial charge is 0.493 e. The monoisotopic (exact) mass is 407 g/mol. The highest BCUT2D eigenvalue weighted by atomic mass is 35.5. The summed E-state index contributed by atoms with van der Waals surface area (Å²) in [7, 11) is -3.16. The average Bonchev–Trinajstić information content (AvgIpc) is 2.65. The number of hydrogen-bond donors (Lipinski definition) is 0. The van der Waals surface area contributed by atoms with Crippen molar-refractivity contribution in [3.8, 4) is 5.75 Å². The minimum absolute atomic E-state index is 0.319. The van der Waals surface area contributed by atoms with E-state index in [9.17, 15) is 8.42 Å². The van der Waals surface area contributed by atoms with Gasteiger partial charge in [-0.2, -0.15) is 0 Å². The van der Waals surface area contributed by atoms with Crippen molar-refractivity contribution >= 4 is 21.4 Å². The van der Waals surface area contributed by atoms with Gasteiger partial charge >= 0.3 is 0 Å². The van der Waals surface area contributed by atoms with Crippen LogP contribution in [-0.2, 0) is 16.3 Å². The molecule has 0 aromatic heterocycles. The minimum atomic E-state index is -3.16. The number of piperidine rings is 1. The maximum atomic E-state index is 11.5. The van der Waals surface area contributed by atoms with Crippen LogP contribution >= 0.6 is 11.6 Å². The first-order chi connectivity index (χ1) is 12.9. The number of likely N-dealkylation sites (tertiary alicyclic amines) is 1. The predicted octanol–water partition coefficient (Wildman–Crippen LogP) is 4.08. The molecule has 0 radical (unpaired) electrons. The van der Waals surface area contributed by atoms with Crippen molar-refractivity contribution in [2.75, 3.05) is 32.5 Å². The zero-order valence-corrected chi connectivity index (χ0v) is 17.2. The fourth-order valence-electron chi connectivity index (χ4n) is 3.47. The van der Waals surface area contributed by atoms with Crippen LogP contribution < -0.4 is 4.74 Å². The van der Waals surface area contributed by atoms with Crippen molar-refractivity contribution in [3.63, 3.8) is 0 Å². The van der Waals surface area contributed by atoms with Gasteiger partial charge in [-0.15, -0.1) is 0 Å². The third-order valence-electron chi connectivity index (χ3n) is 4.95. The lowest BCUT2D eigenvalue weighted by molar-refractivity contribution is 0.131. The van der Waals surface area contributed by atoms with Crippen molar-refractivity contribution in [1.29, 1.82) is 0 Å². The van der Waals surface area contributed by atoms with Gasteiger partial charge in [-0.3, -0.25) is 0 Å². The highest BCUT2D eigenvalue weighted by Gasteiger charge is 2.20. The molecule has 2 aromatic rings. The van der Waals surface area contributed by atoms with E-state index in [1.807, 2.05) is 18.2 Å². The summed E-state index contributed by atoms with van der Waals surface area (Å²) in [6, 6.07) is 14.7. The highest BCUT2D eigenvalue weighted by Crippen LogP contribution is 2.21. The van der Waals surface area contributed by atoms with Crippen molar-refractivity contribution in [1.82, 2.24) is 4.90 Å². The quantitative estimate of drug-likeness (QED) is 0.693.